The first-order valence-electron chi connectivity index (χ1n) is 3.57. The van der Waals surface area contributed by atoms with Gasteiger partial charge in [0, 0.05) is 6.20 Å². The Labute approximate surface area is 83.8 Å². The summed E-state index contributed by atoms with van der Waals surface area (Å²) in [6.07, 6.45) is 1.42. The third kappa shape index (κ3) is 3.08. The van der Waals surface area contributed by atoms with Gasteiger partial charge in [0.15, 0.2) is 6.61 Å². The molecule has 0 bridgehead atoms. The van der Waals surface area contributed by atoms with Crippen molar-refractivity contribution in [3.05, 3.63) is 23.0 Å². The van der Waals surface area contributed by atoms with Crippen molar-refractivity contribution < 1.29 is 19.5 Å². The lowest BCUT2D eigenvalue weighted by Crippen LogP contribution is -2.26. The molecule has 14 heavy (non-hydrogen) atoms. The first-order valence-corrected chi connectivity index (χ1v) is 3.95. The van der Waals surface area contributed by atoms with Crippen molar-refractivity contribution in [1.82, 2.24) is 10.5 Å². The van der Waals surface area contributed by atoms with Crippen LogP contribution < -0.4 is 5.48 Å². The lowest BCUT2D eigenvalue weighted by atomic mass is 10.4. The summed E-state index contributed by atoms with van der Waals surface area (Å²) in [7, 11) is 0. The molecule has 0 aromatic carbocycles. The minimum atomic E-state index is -1.17. The van der Waals surface area contributed by atoms with Gasteiger partial charge in [0.25, 0.3) is 5.91 Å². The van der Waals surface area contributed by atoms with Crippen LogP contribution in [0.1, 0.15) is 10.5 Å². The molecule has 0 unspecified atom stereocenters. The highest BCUT2D eigenvalue weighted by molar-refractivity contribution is 6.30. The summed E-state index contributed by atoms with van der Waals surface area (Å²) in [4.78, 5) is 28.1. The van der Waals surface area contributed by atoms with Crippen LogP contribution in [0.4, 0.5) is 0 Å². The Hall–Kier alpha value is -1.53. The number of hydrogen-bond donors (Lipinski definition) is 3. The monoisotopic (exact) mass is 218 g/mol. The summed E-state index contributed by atoms with van der Waals surface area (Å²) in [6, 6.07) is 1.39. The molecule has 0 atom stereocenters. The zero-order valence-electron chi connectivity index (χ0n) is 6.91. The van der Waals surface area contributed by atoms with Gasteiger partial charge in [-0.2, -0.15) is 0 Å². The lowest BCUT2D eigenvalue weighted by Gasteiger charge is -2.00. The minimum Gasteiger partial charge on any atom is -0.479 e. The zero-order chi connectivity index (χ0) is 10.6. The molecule has 0 aliphatic carbocycles. The molecule has 0 saturated heterocycles. The normalized spacial score (nSPS) is 9.79. The Kier molecular flexibility index (Phi) is 3.49. The molecule has 76 valence electrons. The Morgan fingerprint density at radius 2 is 2.36 bits per heavy atom. The molecular formula is C7H7ClN2O4. The molecule has 1 aromatic rings. The fraction of sp³-hybridized carbons (Fsp3) is 0.143. The largest absolute Gasteiger partial charge is 0.479 e. The average Bonchev–Trinajstić information content (AvgIpc) is 2.51. The first kappa shape index (κ1) is 10.6. The molecule has 0 aliphatic rings. The van der Waals surface area contributed by atoms with Crippen molar-refractivity contribution in [2.75, 3.05) is 6.61 Å². The van der Waals surface area contributed by atoms with Gasteiger partial charge in [0.2, 0.25) is 0 Å². The number of carboxylic acid groups (broad SMARTS) is 1. The Morgan fingerprint density at radius 1 is 1.64 bits per heavy atom. The van der Waals surface area contributed by atoms with Gasteiger partial charge >= 0.3 is 5.97 Å². The minimum absolute atomic E-state index is 0.195. The number of nitrogens with one attached hydrogen (secondary N) is 2. The predicted octanol–water partition coefficient (Wildman–Crippen LogP) is 0.414. The van der Waals surface area contributed by atoms with Crippen LogP contribution in [0, 0.1) is 0 Å². The number of hydroxylamine groups is 1. The van der Waals surface area contributed by atoms with Crippen LogP contribution in [0.2, 0.25) is 5.02 Å². The van der Waals surface area contributed by atoms with Gasteiger partial charge in [-0.05, 0) is 6.07 Å². The van der Waals surface area contributed by atoms with Crippen molar-refractivity contribution in [3.63, 3.8) is 0 Å². The van der Waals surface area contributed by atoms with Gasteiger partial charge in [-0.25, -0.2) is 10.3 Å². The van der Waals surface area contributed by atoms with E-state index < -0.39 is 18.5 Å². The van der Waals surface area contributed by atoms with Crippen LogP contribution >= 0.6 is 11.6 Å². The first-order chi connectivity index (χ1) is 6.59. The second-order valence-electron chi connectivity index (χ2n) is 2.35. The average molecular weight is 219 g/mol. The van der Waals surface area contributed by atoms with Crippen LogP contribution in [0.25, 0.3) is 0 Å². The van der Waals surface area contributed by atoms with Crippen LogP contribution in [-0.4, -0.2) is 28.6 Å². The summed E-state index contributed by atoms with van der Waals surface area (Å²) in [5.41, 5.74) is 2.13. The third-order valence-corrected chi connectivity index (χ3v) is 1.47. The number of halogens is 1. The van der Waals surface area contributed by atoms with E-state index in [0.717, 1.165) is 0 Å². The smallest absolute Gasteiger partial charge is 0.332 e. The van der Waals surface area contributed by atoms with Crippen molar-refractivity contribution in [2.24, 2.45) is 0 Å². The van der Waals surface area contributed by atoms with Crippen LogP contribution in [0.5, 0.6) is 0 Å². The molecule has 3 N–H and O–H groups in total. The van der Waals surface area contributed by atoms with Gasteiger partial charge < -0.3 is 10.1 Å². The van der Waals surface area contributed by atoms with Crippen molar-refractivity contribution >= 4 is 23.5 Å². The molecule has 7 heteroatoms. The summed E-state index contributed by atoms with van der Waals surface area (Å²) >= 11 is 5.54. The summed E-state index contributed by atoms with van der Waals surface area (Å²) in [5.74, 6) is -1.76. The maximum absolute atomic E-state index is 11.1. The molecule has 1 amide bonds. The maximum Gasteiger partial charge on any atom is 0.332 e. The number of aromatic nitrogens is 1. The lowest BCUT2D eigenvalue weighted by molar-refractivity contribution is -0.144. The molecule has 0 fully saturated rings. The number of carboxylic acids is 1. The Morgan fingerprint density at radius 3 is 2.86 bits per heavy atom. The quantitative estimate of drug-likeness (QED) is 0.639. The van der Waals surface area contributed by atoms with Crippen LogP contribution in [0.15, 0.2) is 12.3 Å². The van der Waals surface area contributed by atoms with E-state index in [9.17, 15) is 9.59 Å². The second-order valence-corrected chi connectivity index (χ2v) is 2.78. The van der Waals surface area contributed by atoms with Crippen molar-refractivity contribution in [2.45, 2.75) is 0 Å². The molecule has 1 aromatic heterocycles. The van der Waals surface area contributed by atoms with E-state index in [4.69, 9.17) is 16.7 Å². The van der Waals surface area contributed by atoms with E-state index in [-0.39, 0.29) is 5.69 Å². The molecule has 0 radical (unpaired) electrons. The van der Waals surface area contributed by atoms with E-state index >= 15 is 0 Å². The SMILES string of the molecule is O=C(O)CONC(=O)c1cc(Cl)c[nH]1. The Balaban J connectivity index is 2.39. The predicted molar refractivity (Wildman–Crippen MR) is 46.9 cm³/mol. The van der Waals surface area contributed by atoms with Gasteiger partial charge in [-0.3, -0.25) is 9.63 Å². The van der Waals surface area contributed by atoms with E-state index in [1.807, 2.05) is 5.48 Å². The number of H-pyrrole nitrogens is 1. The molecule has 0 aliphatic heterocycles. The fourth-order valence-electron chi connectivity index (χ4n) is 0.717. The van der Waals surface area contributed by atoms with E-state index in [1.165, 1.54) is 12.3 Å². The molecule has 1 heterocycles. The maximum atomic E-state index is 11.1. The molecular weight excluding hydrogens is 212 g/mol. The number of rotatable bonds is 4. The number of carbonyl (C=O) groups excluding carboxylic acids is 1. The third-order valence-electron chi connectivity index (χ3n) is 1.25. The highest BCUT2D eigenvalue weighted by Crippen LogP contribution is 2.08. The van der Waals surface area contributed by atoms with Crippen molar-refractivity contribution in [1.29, 1.82) is 0 Å². The highest BCUT2D eigenvalue weighted by atomic mass is 35.5. The fourth-order valence-corrected chi connectivity index (χ4v) is 0.881. The van der Waals surface area contributed by atoms with E-state index in [0.29, 0.717) is 5.02 Å². The second kappa shape index (κ2) is 4.64. The van der Waals surface area contributed by atoms with Crippen LogP contribution in [-0.2, 0) is 9.63 Å². The van der Waals surface area contributed by atoms with Gasteiger partial charge in [0.05, 0.1) is 5.02 Å². The molecule has 6 nitrogen and oxygen atoms in total. The van der Waals surface area contributed by atoms with Crippen LogP contribution in [0.3, 0.4) is 0 Å². The molecule has 0 saturated carbocycles. The number of aliphatic carboxylic acids is 1. The standard InChI is InChI=1S/C7H7ClN2O4/c8-4-1-5(9-2-4)7(13)10-14-3-6(11)12/h1-2,9H,3H2,(H,10,13)(H,11,12). The van der Waals surface area contributed by atoms with Crippen molar-refractivity contribution in [3.8, 4) is 0 Å². The van der Waals surface area contributed by atoms with E-state index in [2.05, 4.69) is 9.82 Å². The number of hydrogen-bond acceptors (Lipinski definition) is 3. The number of aromatic amines is 1. The van der Waals surface area contributed by atoms with E-state index in [1.54, 1.807) is 0 Å². The topological polar surface area (TPSA) is 91.4 Å². The molecule has 0 spiro atoms. The number of amides is 1. The summed E-state index contributed by atoms with van der Waals surface area (Å²) in [6.45, 7) is -0.597. The summed E-state index contributed by atoms with van der Waals surface area (Å²) in [5, 5.41) is 8.58. The van der Waals surface area contributed by atoms with Gasteiger partial charge in [-0.15, -0.1) is 0 Å². The zero-order valence-corrected chi connectivity index (χ0v) is 7.67. The van der Waals surface area contributed by atoms with Gasteiger partial charge in [0.1, 0.15) is 5.69 Å². The summed E-state index contributed by atoms with van der Waals surface area (Å²) < 4.78 is 0. The highest BCUT2D eigenvalue weighted by Gasteiger charge is 2.08. The number of carbonyl (C=O) groups is 2. The Bertz CT molecular complexity index is 349. The molecule has 1 rings (SSSR count). The van der Waals surface area contributed by atoms with Gasteiger partial charge in [-0.1, -0.05) is 11.6 Å².